The molecule has 0 bridgehead atoms. The van der Waals surface area contributed by atoms with Gasteiger partial charge in [-0.3, -0.25) is 0 Å². The molecule has 0 radical (unpaired) electrons. The normalized spacial score (nSPS) is 14.8. The third-order valence-electron chi connectivity index (χ3n) is 4.39. The fourth-order valence-corrected chi connectivity index (χ4v) is 3.04. The minimum atomic E-state index is 0.429. The average Bonchev–Trinajstić information content (AvgIpc) is 2.40. The zero-order chi connectivity index (χ0) is 15.1. The van der Waals surface area contributed by atoms with Crippen molar-refractivity contribution >= 4 is 0 Å². The second-order valence-electron chi connectivity index (χ2n) is 6.59. The fraction of sp³-hybridized carbons (Fsp3) is 0.684. The lowest BCUT2D eigenvalue weighted by molar-refractivity contribution is 0.330. The number of hydrogen-bond donors (Lipinski definition) is 1. The molecule has 0 aliphatic heterocycles. The van der Waals surface area contributed by atoms with Crippen LogP contribution in [0.3, 0.4) is 0 Å². The van der Waals surface area contributed by atoms with E-state index in [2.05, 4.69) is 71.1 Å². The van der Waals surface area contributed by atoms with E-state index in [1.807, 2.05) is 0 Å². The summed E-state index contributed by atoms with van der Waals surface area (Å²) in [6, 6.07) is 10.2. The van der Waals surface area contributed by atoms with Crippen molar-refractivity contribution in [2.75, 3.05) is 0 Å². The van der Waals surface area contributed by atoms with Crippen LogP contribution in [-0.4, -0.2) is 6.04 Å². The van der Waals surface area contributed by atoms with Crippen LogP contribution in [0.2, 0.25) is 0 Å². The Hall–Kier alpha value is -0.820. The molecule has 2 unspecified atom stereocenters. The molecule has 1 aromatic carbocycles. The van der Waals surface area contributed by atoms with Crippen LogP contribution in [-0.2, 0) is 6.42 Å². The van der Waals surface area contributed by atoms with Crippen molar-refractivity contribution in [1.82, 2.24) is 5.32 Å². The molecule has 0 aliphatic carbocycles. The molecule has 0 aromatic heterocycles. The van der Waals surface area contributed by atoms with Gasteiger partial charge in [-0.2, -0.15) is 0 Å². The van der Waals surface area contributed by atoms with Crippen LogP contribution in [0.5, 0.6) is 0 Å². The summed E-state index contributed by atoms with van der Waals surface area (Å²) in [5.74, 6) is 1.50. The summed E-state index contributed by atoms with van der Waals surface area (Å²) in [5.41, 5.74) is 2.85. The molecule has 0 saturated carbocycles. The average molecular weight is 275 g/mol. The molecule has 0 fully saturated rings. The molecule has 0 spiro atoms. The van der Waals surface area contributed by atoms with E-state index in [1.165, 1.54) is 30.4 Å². The number of rotatable bonds is 8. The van der Waals surface area contributed by atoms with Crippen LogP contribution >= 0.6 is 0 Å². The summed E-state index contributed by atoms with van der Waals surface area (Å²) in [5, 5.41) is 3.76. The molecule has 0 amide bonds. The Morgan fingerprint density at radius 1 is 0.900 bits per heavy atom. The van der Waals surface area contributed by atoms with Crippen molar-refractivity contribution in [2.45, 2.75) is 72.9 Å². The van der Waals surface area contributed by atoms with Crippen LogP contribution < -0.4 is 5.32 Å². The van der Waals surface area contributed by atoms with Gasteiger partial charge in [-0.1, -0.05) is 64.8 Å². The van der Waals surface area contributed by atoms with E-state index in [0.717, 1.165) is 11.8 Å². The summed E-state index contributed by atoms with van der Waals surface area (Å²) in [6.45, 7) is 13.7. The largest absolute Gasteiger partial charge is 0.307 e. The van der Waals surface area contributed by atoms with Crippen LogP contribution in [0.15, 0.2) is 24.3 Å². The Kier molecular flexibility index (Phi) is 7.29. The first-order valence-electron chi connectivity index (χ1n) is 8.32. The third kappa shape index (κ3) is 5.28. The van der Waals surface area contributed by atoms with E-state index in [-0.39, 0.29) is 0 Å². The maximum atomic E-state index is 3.76. The molecule has 1 N–H and O–H groups in total. The van der Waals surface area contributed by atoms with Gasteiger partial charge in [0.1, 0.15) is 0 Å². The topological polar surface area (TPSA) is 12.0 Å². The minimum absolute atomic E-state index is 0.429. The summed E-state index contributed by atoms with van der Waals surface area (Å²) in [7, 11) is 0. The Labute approximate surface area is 126 Å². The molecular weight excluding hydrogens is 242 g/mol. The lowest BCUT2D eigenvalue weighted by Gasteiger charge is -2.26. The zero-order valence-corrected chi connectivity index (χ0v) is 14.2. The summed E-state index contributed by atoms with van der Waals surface area (Å²) < 4.78 is 0. The SMILES string of the molecule is CCC(CC)C(C)NC(C)c1ccc(CC(C)C)cc1. The highest BCUT2D eigenvalue weighted by Crippen LogP contribution is 2.19. The summed E-state index contributed by atoms with van der Waals surface area (Å²) in [4.78, 5) is 0. The highest BCUT2D eigenvalue weighted by Gasteiger charge is 2.16. The lowest BCUT2D eigenvalue weighted by Crippen LogP contribution is -2.34. The van der Waals surface area contributed by atoms with E-state index in [0.29, 0.717) is 12.1 Å². The highest BCUT2D eigenvalue weighted by atomic mass is 14.9. The zero-order valence-electron chi connectivity index (χ0n) is 14.2. The second-order valence-corrected chi connectivity index (χ2v) is 6.59. The maximum absolute atomic E-state index is 3.76. The van der Waals surface area contributed by atoms with Gasteiger partial charge in [0, 0.05) is 12.1 Å². The van der Waals surface area contributed by atoms with E-state index in [4.69, 9.17) is 0 Å². The Balaban J connectivity index is 2.61. The molecule has 0 heterocycles. The molecule has 2 atom stereocenters. The first-order chi connectivity index (χ1) is 9.47. The molecule has 1 nitrogen and oxygen atoms in total. The van der Waals surface area contributed by atoms with Gasteiger partial charge < -0.3 is 5.32 Å². The summed E-state index contributed by atoms with van der Waals surface area (Å²) >= 11 is 0. The van der Waals surface area contributed by atoms with Gasteiger partial charge in [0.15, 0.2) is 0 Å². The van der Waals surface area contributed by atoms with Crippen molar-refractivity contribution < 1.29 is 0 Å². The molecule has 1 rings (SSSR count). The van der Waals surface area contributed by atoms with Gasteiger partial charge in [0.2, 0.25) is 0 Å². The van der Waals surface area contributed by atoms with Crippen molar-refractivity contribution in [2.24, 2.45) is 11.8 Å². The van der Waals surface area contributed by atoms with Gasteiger partial charge in [-0.15, -0.1) is 0 Å². The minimum Gasteiger partial charge on any atom is -0.307 e. The molecule has 1 aromatic rings. The predicted octanol–water partition coefficient (Wildman–Crippen LogP) is 5.36. The molecular formula is C19H33N. The van der Waals surface area contributed by atoms with E-state index in [9.17, 15) is 0 Å². The molecule has 0 saturated heterocycles. The standard InChI is InChI=1S/C19H33N/c1-7-18(8-2)15(5)20-16(6)19-11-9-17(10-12-19)13-14(3)4/h9-12,14-16,18,20H,7-8,13H2,1-6H3. The lowest BCUT2D eigenvalue weighted by atomic mass is 9.94. The predicted molar refractivity (Wildman–Crippen MR) is 90.1 cm³/mol. The molecule has 0 aliphatic rings. The van der Waals surface area contributed by atoms with Crippen LogP contribution in [0, 0.1) is 11.8 Å². The van der Waals surface area contributed by atoms with Gasteiger partial charge in [0.05, 0.1) is 0 Å². The van der Waals surface area contributed by atoms with Gasteiger partial charge in [-0.25, -0.2) is 0 Å². The van der Waals surface area contributed by atoms with Crippen molar-refractivity contribution in [3.8, 4) is 0 Å². The maximum Gasteiger partial charge on any atom is 0.0294 e. The second kappa shape index (κ2) is 8.46. The first kappa shape index (κ1) is 17.2. The van der Waals surface area contributed by atoms with Crippen LogP contribution in [0.25, 0.3) is 0 Å². The fourth-order valence-electron chi connectivity index (χ4n) is 3.04. The Bertz CT molecular complexity index is 362. The molecule has 114 valence electrons. The Morgan fingerprint density at radius 2 is 1.45 bits per heavy atom. The van der Waals surface area contributed by atoms with Gasteiger partial charge in [-0.05, 0) is 43.2 Å². The van der Waals surface area contributed by atoms with Crippen molar-refractivity contribution in [3.63, 3.8) is 0 Å². The molecule has 1 heteroatoms. The van der Waals surface area contributed by atoms with E-state index >= 15 is 0 Å². The van der Waals surface area contributed by atoms with E-state index < -0.39 is 0 Å². The van der Waals surface area contributed by atoms with E-state index in [1.54, 1.807) is 0 Å². The first-order valence-corrected chi connectivity index (χ1v) is 8.32. The smallest absolute Gasteiger partial charge is 0.0294 e. The third-order valence-corrected chi connectivity index (χ3v) is 4.39. The van der Waals surface area contributed by atoms with Gasteiger partial charge in [0.25, 0.3) is 0 Å². The summed E-state index contributed by atoms with van der Waals surface area (Å²) in [6.07, 6.45) is 3.68. The van der Waals surface area contributed by atoms with Crippen LogP contribution in [0.1, 0.15) is 71.6 Å². The number of nitrogens with one attached hydrogen (secondary N) is 1. The number of benzene rings is 1. The quantitative estimate of drug-likeness (QED) is 0.673. The monoisotopic (exact) mass is 275 g/mol. The van der Waals surface area contributed by atoms with Crippen LogP contribution in [0.4, 0.5) is 0 Å². The van der Waals surface area contributed by atoms with Crippen molar-refractivity contribution in [1.29, 1.82) is 0 Å². The van der Waals surface area contributed by atoms with Gasteiger partial charge >= 0.3 is 0 Å². The highest BCUT2D eigenvalue weighted by molar-refractivity contribution is 5.25. The Morgan fingerprint density at radius 3 is 1.90 bits per heavy atom. The van der Waals surface area contributed by atoms with Crippen molar-refractivity contribution in [3.05, 3.63) is 35.4 Å². The molecule has 20 heavy (non-hydrogen) atoms. The number of hydrogen-bond acceptors (Lipinski definition) is 1.